The van der Waals surface area contributed by atoms with E-state index in [9.17, 15) is 9.90 Å². The van der Waals surface area contributed by atoms with Crippen molar-refractivity contribution < 1.29 is 9.90 Å². The molecule has 4 rings (SSSR count). The molecule has 3 heterocycles. The van der Waals surface area contributed by atoms with E-state index in [0.717, 1.165) is 0 Å². The van der Waals surface area contributed by atoms with Crippen molar-refractivity contribution in [1.29, 1.82) is 0 Å². The van der Waals surface area contributed by atoms with Crippen LogP contribution in [0.2, 0.25) is 5.02 Å². The standard InChI is InChI=1S/C16H10ClN3O2/c17-12-7-8-18-14-11(12)5-6-13(19-14)20-15(21)9-3-1-2-4-10(9)16(20)22/h1-8,15,21H. The van der Waals surface area contributed by atoms with Crippen molar-refractivity contribution in [3.8, 4) is 0 Å². The second kappa shape index (κ2) is 4.76. The topological polar surface area (TPSA) is 66.3 Å². The Labute approximate surface area is 130 Å². The number of carbonyl (C=O) groups excluding carboxylic acids is 1. The van der Waals surface area contributed by atoms with E-state index in [-0.39, 0.29) is 5.91 Å². The highest BCUT2D eigenvalue weighted by Crippen LogP contribution is 2.35. The zero-order valence-corrected chi connectivity index (χ0v) is 12.0. The number of halogens is 1. The average molecular weight is 312 g/mol. The molecule has 1 aromatic carbocycles. The van der Waals surface area contributed by atoms with Gasteiger partial charge in [-0.05, 0) is 24.3 Å². The van der Waals surface area contributed by atoms with Crippen LogP contribution in [-0.2, 0) is 0 Å². The number of amides is 1. The zero-order chi connectivity index (χ0) is 15.3. The Morgan fingerprint density at radius 2 is 1.95 bits per heavy atom. The van der Waals surface area contributed by atoms with E-state index in [2.05, 4.69) is 9.97 Å². The third kappa shape index (κ3) is 1.80. The highest BCUT2D eigenvalue weighted by atomic mass is 35.5. The van der Waals surface area contributed by atoms with Crippen molar-refractivity contribution in [2.45, 2.75) is 6.23 Å². The van der Waals surface area contributed by atoms with Crippen molar-refractivity contribution >= 4 is 34.4 Å². The quantitative estimate of drug-likeness (QED) is 0.750. The Bertz CT molecular complexity index is 913. The molecule has 1 amide bonds. The lowest BCUT2D eigenvalue weighted by Crippen LogP contribution is -2.28. The second-order valence-electron chi connectivity index (χ2n) is 4.97. The Hall–Kier alpha value is -2.50. The van der Waals surface area contributed by atoms with E-state index >= 15 is 0 Å². The molecule has 0 saturated heterocycles. The molecule has 108 valence electrons. The summed E-state index contributed by atoms with van der Waals surface area (Å²) in [4.78, 5) is 22.3. The molecule has 0 saturated carbocycles. The van der Waals surface area contributed by atoms with Crippen LogP contribution >= 0.6 is 11.6 Å². The zero-order valence-electron chi connectivity index (χ0n) is 11.3. The Kier molecular flexibility index (Phi) is 2.85. The molecular weight excluding hydrogens is 302 g/mol. The molecule has 6 heteroatoms. The van der Waals surface area contributed by atoms with Crippen LogP contribution in [0.5, 0.6) is 0 Å². The van der Waals surface area contributed by atoms with Gasteiger partial charge in [0.1, 0.15) is 5.82 Å². The lowest BCUT2D eigenvalue weighted by atomic mass is 10.1. The first-order valence-corrected chi connectivity index (χ1v) is 7.06. The molecule has 5 nitrogen and oxygen atoms in total. The molecule has 0 radical (unpaired) electrons. The summed E-state index contributed by atoms with van der Waals surface area (Å²) in [6.45, 7) is 0. The minimum atomic E-state index is -1.05. The van der Waals surface area contributed by atoms with Crippen molar-refractivity contribution in [3.63, 3.8) is 0 Å². The monoisotopic (exact) mass is 311 g/mol. The van der Waals surface area contributed by atoms with E-state index in [4.69, 9.17) is 11.6 Å². The second-order valence-corrected chi connectivity index (χ2v) is 5.38. The van der Waals surface area contributed by atoms with E-state index in [1.165, 1.54) is 4.90 Å². The van der Waals surface area contributed by atoms with Gasteiger partial charge in [0.25, 0.3) is 5.91 Å². The first kappa shape index (κ1) is 13.2. The van der Waals surface area contributed by atoms with Crippen LogP contribution in [0.4, 0.5) is 5.82 Å². The molecule has 0 aliphatic carbocycles. The van der Waals surface area contributed by atoms with Gasteiger partial charge < -0.3 is 5.11 Å². The van der Waals surface area contributed by atoms with E-state index in [0.29, 0.717) is 33.0 Å². The number of benzene rings is 1. The lowest BCUT2D eigenvalue weighted by Gasteiger charge is -2.19. The van der Waals surface area contributed by atoms with Gasteiger partial charge in [-0.25, -0.2) is 9.97 Å². The summed E-state index contributed by atoms with van der Waals surface area (Å²) in [6.07, 6.45) is 0.506. The number of hydrogen-bond acceptors (Lipinski definition) is 4. The molecule has 22 heavy (non-hydrogen) atoms. The normalized spacial score (nSPS) is 17.1. The first-order valence-electron chi connectivity index (χ1n) is 6.68. The first-order chi connectivity index (χ1) is 10.7. The molecular formula is C16H10ClN3O2. The molecule has 0 fully saturated rings. The van der Waals surface area contributed by atoms with Gasteiger partial charge in [0.2, 0.25) is 0 Å². The maximum Gasteiger partial charge on any atom is 0.262 e. The Morgan fingerprint density at radius 3 is 2.77 bits per heavy atom. The van der Waals surface area contributed by atoms with Crippen LogP contribution < -0.4 is 4.90 Å². The summed E-state index contributed by atoms with van der Waals surface area (Å²) in [5, 5.41) is 11.7. The fourth-order valence-corrected chi connectivity index (χ4v) is 2.85. The number of nitrogens with zero attached hydrogens (tertiary/aromatic N) is 3. The van der Waals surface area contributed by atoms with Gasteiger partial charge in [0.05, 0.1) is 5.02 Å². The summed E-state index contributed by atoms with van der Waals surface area (Å²) in [5.74, 6) is 0.0629. The van der Waals surface area contributed by atoms with Crippen molar-refractivity contribution in [2.24, 2.45) is 0 Å². The summed E-state index contributed by atoms with van der Waals surface area (Å²) in [5.41, 5.74) is 1.49. The van der Waals surface area contributed by atoms with Gasteiger partial charge in [-0.2, -0.15) is 0 Å². The van der Waals surface area contributed by atoms with Crippen molar-refractivity contribution in [2.75, 3.05) is 4.90 Å². The molecule has 0 spiro atoms. The van der Waals surface area contributed by atoms with E-state index < -0.39 is 6.23 Å². The number of fused-ring (bicyclic) bond motifs is 2. The van der Waals surface area contributed by atoms with Crippen LogP contribution in [-0.4, -0.2) is 21.0 Å². The van der Waals surface area contributed by atoms with Gasteiger partial charge in [0, 0.05) is 22.7 Å². The van der Waals surface area contributed by atoms with Crippen LogP contribution in [0.15, 0.2) is 48.7 Å². The number of carbonyl (C=O) groups is 1. The molecule has 1 N–H and O–H groups in total. The number of pyridine rings is 2. The molecule has 2 aromatic heterocycles. The molecule has 1 aliphatic heterocycles. The predicted molar refractivity (Wildman–Crippen MR) is 82.8 cm³/mol. The largest absolute Gasteiger partial charge is 0.369 e. The molecule has 1 unspecified atom stereocenters. The highest BCUT2D eigenvalue weighted by molar-refractivity contribution is 6.35. The van der Waals surface area contributed by atoms with Gasteiger partial charge in [-0.1, -0.05) is 29.8 Å². The predicted octanol–water partition coefficient (Wildman–Crippen LogP) is 2.93. The van der Waals surface area contributed by atoms with E-state index in [1.54, 1.807) is 48.7 Å². The minimum absolute atomic E-state index is 0.281. The summed E-state index contributed by atoms with van der Waals surface area (Å²) >= 11 is 6.09. The third-order valence-electron chi connectivity index (χ3n) is 3.71. The molecule has 1 aliphatic rings. The van der Waals surface area contributed by atoms with Gasteiger partial charge in [-0.15, -0.1) is 0 Å². The van der Waals surface area contributed by atoms with Crippen LogP contribution in [0.25, 0.3) is 11.0 Å². The smallest absolute Gasteiger partial charge is 0.262 e. The van der Waals surface area contributed by atoms with Gasteiger partial charge in [-0.3, -0.25) is 9.69 Å². The van der Waals surface area contributed by atoms with E-state index in [1.807, 2.05) is 0 Å². The van der Waals surface area contributed by atoms with Gasteiger partial charge >= 0.3 is 0 Å². The molecule has 0 bridgehead atoms. The minimum Gasteiger partial charge on any atom is -0.369 e. The van der Waals surface area contributed by atoms with Gasteiger partial charge in [0.15, 0.2) is 11.9 Å². The lowest BCUT2D eigenvalue weighted by molar-refractivity contribution is 0.0933. The van der Waals surface area contributed by atoms with Crippen molar-refractivity contribution in [1.82, 2.24) is 9.97 Å². The van der Waals surface area contributed by atoms with Crippen molar-refractivity contribution in [3.05, 3.63) is 64.8 Å². The fraction of sp³-hybridized carbons (Fsp3) is 0.0625. The SMILES string of the molecule is O=C1c2ccccc2C(O)N1c1ccc2c(Cl)ccnc2n1. The summed E-state index contributed by atoms with van der Waals surface area (Å²) in [6, 6.07) is 12.1. The Balaban J connectivity index is 1.85. The number of aliphatic hydroxyl groups excluding tert-OH is 1. The third-order valence-corrected chi connectivity index (χ3v) is 4.04. The molecule has 3 aromatic rings. The maximum absolute atomic E-state index is 12.5. The average Bonchev–Trinajstić information content (AvgIpc) is 2.79. The number of hydrogen-bond donors (Lipinski definition) is 1. The fourth-order valence-electron chi connectivity index (χ4n) is 2.65. The summed E-state index contributed by atoms with van der Waals surface area (Å²) in [7, 11) is 0. The highest BCUT2D eigenvalue weighted by Gasteiger charge is 2.37. The summed E-state index contributed by atoms with van der Waals surface area (Å²) < 4.78 is 0. The van der Waals surface area contributed by atoms with Crippen LogP contribution in [0, 0.1) is 0 Å². The maximum atomic E-state index is 12.5. The van der Waals surface area contributed by atoms with Crippen LogP contribution in [0.3, 0.4) is 0 Å². The number of rotatable bonds is 1. The Morgan fingerprint density at radius 1 is 1.14 bits per heavy atom. The van der Waals surface area contributed by atoms with Crippen LogP contribution in [0.1, 0.15) is 22.1 Å². The number of anilines is 1. The molecule has 1 atom stereocenters. The number of aliphatic hydroxyl groups is 1. The number of aromatic nitrogens is 2.